The summed E-state index contributed by atoms with van der Waals surface area (Å²) in [5, 5.41) is 0. The van der Waals surface area contributed by atoms with Gasteiger partial charge >= 0.3 is 12.2 Å². The van der Waals surface area contributed by atoms with E-state index in [2.05, 4.69) is 15.9 Å². The predicted octanol–water partition coefficient (Wildman–Crippen LogP) is 5.57. The van der Waals surface area contributed by atoms with Gasteiger partial charge in [0, 0.05) is 4.47 Å². The SMILES string of the molecule is Cc1c(Br)cc(F)cc1N(C(=O)OC(C)(C)C)C(=O)OC(C)(C)C. The van der Waals surface area contributed by atoms with Crippen molar-refractivity contribution >= 4 is 33.8 Å². The second-order valence-corrected chi connectivity index (χ2v) is 8.18. The molecule has 1 aromatic carbocycles. The van der Waals surface area contributed by atoms with E-state index >= 15 is 0 Å². The van der Waals surface area contributed by atoms with Crippen LogP contribution in [0.3, 0.4) is 0 Å². The molecule has 0 aliphatic carbocycles. The minimum absolute atomic E-state index is 0.0605. The molecule has 1 aromatic rings. The first-order valence-electron chi connectivity index (χ1n) is 7.43. The van der Waals surface area contributed by atoms with Crippen LogP contribution < -0.4 is 4.90 Å². The third-order valence-electron chi connectivity index (χ3n) is 2.67. The lowest BCUT2D eigenvalue weighted by Gasteiger charge is -2.29. The van der Waals surface area contributed by atoms with Crippen LogP contribution in [0.4, 0.5) is 19.7 Å². The second-order valence-electron chi connectivity index (χ2n) is 7.33. The fourth-order valence-electron chi connectivity index (χ4n) is 1.75. The van der Waals surface area contributed by atoms with E-state index in [0.717, 1.165) is 6.07 Å². The van der Waals surface area contributed by atoms with Crippen molar-refractivity contribution in [2.24, 2.45) is 0 Å². The number of hydrogen-bond acceptors (Lipinski definition) is 4. The van der Waals surface area contributed by atoms with Crippen molar-refractivity contribution in [3.05, 3.63) is 28.0 Å². The van der Waals surface area contributed by atoms with Crippen LogP contribution in [0.25, 0.3) is 0 Å². The summed E-state index contributed by atoms with van der Waals surface area (Å²) in [6, 6.07) is 2.34. The third-order valence-corrected chi connectivity index (χ3v) is 3.50. The number of carbonyl (C=O) groups is 2. The van der Waals surface area contributed by atoms with Gasteiger partial charge in [-0.1, -0.05) is 15.9 Å². The summed E-state index contributed by atoms with van der Waals surface area (Å²) < 4.78 is 24.8. The number of amides is 2. The molecule has 0 N–H and O–H groups in total. The van der Waals surface area contributed by atoms with Crippen LogP contribution in [0.5, 0.6) is 0 Å². The van der Waals surface area contributed by atoms with Crippen molar-refractivity contribution in [2.75, 3.05) is 4.90 Å². The molecule has 0 aliphatic heterocycles. The van der Waals surface area contributed by atoms with Crippen molar-refractivity contribution in [2.45, 2.75) is 59.7 Å². The molecule has 2 amide bonds. The Morgan fingerprint density at radius 3 is 1.79 bits per heavy atom. The average molecular weight is 404 g/mol. The zero-order valence-corrected chi connectivity index (χ0v) is 16.6. The highest BCUT2D eigenvalue weighted by molar-refractivity contribution is 9.10. The van der Waals surface area contributed by atoms with Crippen LogP contribution >= 0.6 is 15.9 Å². The van der Waals surface area contributed by atoms with Crippen LogP contribution in [0.1, 0.15) is 47.1 Å². The topological polar surface area (TPSA) is 55.8 Å². The number of ether oxygens (including phenoxy) is 2. The molecule has 0 radical (unpaired) electrons. The molecule has 0 spiro atoms. The van der Waals surface area contributed by atoms with Crippen molar-refractivity contribution in [3.63, 3.8) is 0 Å². The molecule has 0 heterocycles. The molecule has 1 rings (SSSR count). The minimum atomic E-state index is -0.933. The van der Waals surface area contributed by atoms with E-state index in [4.69, 9.17) is 9.47 Å². The fraction of sp³-hybridized carbons (Fsp3) is 0.529. The fourth-order valence-corrected chi connectivity index (χ4v) is 2.17. The number of nitrogens with zero attached hydrogens (tertiary/aromatic N) is 1. The number of rotatable bonds is 1. The van der Waals surface area contributed by atoms with Gasteiger partial charge in [-0.2, -0.15) is 4.90 Å². The summed E-state index contributed by atoms with van der Waals surface area (Å²) >= 11 is 3.22. The molecule has 0 aliphatic rings. The molecule has 24 heavy (non-hydrogen) atoms. The minimum Gasteiger partial charge on any atom is -0.443 e. The van der Waals surface area contributed by atoms with E-state index in [1.807, 2.05) is 0 Å². The highest BCUT2D eigenvalue weighted by Gasteiger charge is 2.34. The normalized spacial score (nSPS) is 11.9. The van der Waals surface area contributed by atoms with Gasteiger partial charge in [0.05, 0.1) is 5.69 Å². The first-order chi connectivity index (χ1) is 10.7. The summed E-state index contributed by atoms with van der Waals surface area (Å²) in [6.45, 7) is 11.7. The third kappa shape index (κ3) is 5.78. The number of benzene rings is 1. The Bertz CT molecular complexity index is 619. The Balaban J connectivity index is 3.39. The van der Waals surface area contributed by atoms with Crippen molar-refractivity contribution in [1.29, 1.82) is 0 Å². The molecule has 0 saturated heterocycles. The van der Waals surface area contributed by atoms with Crippen molar-refractivity contribution in [1.82, 2.24) is 0 Å². The van der Waals surface area contributed by atoms with Crippen LogP contribution in [0.15, 0.2) is 16.6 Å². The molecular weight excluding hydrogens is 381 g/mol. The molecule has 0 unspecified atom stereocenters. The Labute approximate surface area is 150 Å². The Morgan fingerprint density at radius 2 is 1.42 bits per heavy atom. The Kier molecular flexibility index (Phi) is 6.03. The highest BCUT2D eigenvalue weighted by Crippen LogP contribution is 2.31. The number of carbonyl (C=O) groups excluding carboxylic acids is 2. The van der Waals surface area contributed by atoms with Gasteiger partial charge in [-0.05, 0) is 66.2 Å². The van der Waals surface area contributed by atoms with Crippen LogP contribution in [-0.4, -0.2) is 23.4 Å². The van der Waals surface area contributed by atoms with Crippen LogP contribution in [0.2, 0.25) is 0 Å². The van der Waals surface area contributed by atoms with Gasteiger partial charge in [-0.15, -0.1) is 0 Å². The van der Waals surface area contributed by atoms with Gasteiger partial charge in [0.2, 0.25) is 0 Å². The van der Waals surface area contributed by atoms with Crippen LogP contribution in [-0.2, 0) is 9.47 Å². The van der Waals surface area contributed by atoms with Gasteiger partial charge in [0.15, 0.2) is 0 Å². The predicted molar refractivity (Wildman–Crippen MR) is 93.8 cm³/mol. The molecule has 0 saturated carbocycles. The second kappa shape index (κ2) is 7.09. The number of anilines is 1. The maximum Gasteiger partial charge on any atom is 0.424 e. The zero-order valence-electron chi connectivity index (χ0n) is 15.0. The molecule has 0 aromatic heterocycles. The van der Waals surface area contributed by atoms with E-state index in [1.165, 1.54) is 6.07 Å². The number of imide groups is 1. The summed E-state index contributed by atoms with van der Waals surface area (Å²) in [7, 11) is 0. The van der Waals surface area contributed by atoms with E-state index in [0.29, 0.717) is 14.9 Å². The lowest BCUT2D eigenvalue weighted by atomic mass is 10.1. The lowest BCUT2D eigenvalue weighted by molar-refractivity contribution is 0.0430. The quantitative estimate of drug-likeness (QED) is 0.614. The molecule has 134 valence electrons. The maximum atomic E-state index is 13.8. The smallest absolute Gasteiger partial charge is 0.424 e. The molecule has 7 heteroatoms. The van der Waals surface area contributed by atoms with Gasteiger partial charge in [0.25, 0.3) is 0 Å². The Morgan fingerprint density at radius 1 is 1.00 bits per heavy atom. The van der Waals surface area contributed by atoms with E-state index in [-0.39, 0.29) is 5.69 Å². The van der Waals surface area contributed by atoms with Gasteiger partial charge < -0.3 is 9.47 Å². The van der Waals surface area contributed by atoms with E-state index in [1.54, 1.807) is 48.5 Å². The largest absolute Gasteiger partial charge is 0.443 e. The molecule has 0 bridgehead atoms. The monoisotopic (exact) mass is 403 g/mol. The van der Waals surface area contributed by atoms with Gasteiger partial charge in [-0.25, -0.2) is 14.0 Å². The number of halogens is 2. The summed E-state index contributed by atoms with van der Waals surface area (Å²) in [5.74, 6) is -0.598. The molecule has 5 nitrogen and oxygen atoms in total. The van der Waals surface area contributed by atoms with E-state index < -0.39 is 29.2 Å². The zero-order chi connectivity index (χ0) is 18.9. The molecule has 0 fully saturated rings. The molecular formula is C17H23BrFNO4. The summed E-state index contributed by atoms with van der Waals surface area (Å²) in [6.07, 6.45) is -1.87. The van der Waals surface area contributed by atoms with Gasteiger partial charge in [0.1, 0.15) is 17.0 Å². The maximum absolute atomic E-state index is 13.8. The standard InChI is InChI=1S/C17H23BrFNO4/c1-10-12(18)8-11(19)9-13(10)20(14(21)23-16(2,3)4)15(22)24-17(5,6)7/h8-9H,1-7H3. The first-order valence-corrected chi connectivity index (χ1v) is 8.22. The van der Waals surface area contributed by atoms with Crippen LogP contribution in [0, 0.1) is 12.7 Å². The summed E-state index contributed by atoms with van der Waals surface area (Å²) in [5.41, 5.74) is -1.08. The first kappa shape index (κ1) is 20.4. The highest BCUT2D eigenvalue weighted by atomic mass is 79.9. The van der Waals surface area contributed by atoms with Crippen molar-refractivity contribution in [3.8, 4) is 0 Å². The molecule has 0 atom stereocenters. The lowest BCUT2D eigenvalue weighted by Crippen LogP contribution is -2.44. The summed E-state index contributed by atoms with van der Waals surface area (Å²) in [4.78, 5) is 25.8. The Hall–Kier alpha value is -1.63. The van der Waals surface area contributed by atoms with Gasteiger partial charge in [-0.3, -0.25) is 0 Å². The van der Waals surface area contributed by atoms with E-state index in [9.17, 15) is 14.0 Å². The number of hydrogen-bond donors (Lipinski definition) is 0. The average Bonchev–Trinajstić information content (AvgIpc) is 2.30. The van der Waals surface area contributed by atoms with Crippen molar-refractivity contribution < 1.29 is 23.5 Å².